The quantitative estimate of drug-likeness (QED) is 0.767. The molecule has 0 radical (unpaired) electrons. The molecular weight excluding hydrogens is 350 g/mol. The molecule has 1 fully saturated rings. The summed E-state index contributed by atoms with van der Waals surface area (Å²) >= 11 is 6.13. The summed E-state index contributed by atoms with van der Waals surface area (Å²) in [6.45, 7) is 3.20. The van der Waals surface area contributed by atoms with Crippen molar-refractivity contribution in [1.82, 2.24) is 18.8 Å². The second kappa shape index (κ2) is 6.50. The minimum atomic E-state index is -3.15. The van der Waals surface area contributed by atoms with Gasteiger partial charge in [0, 0.05) is 39.4 Å². The summed E-state index contributed by atoms with van der Waals surface area (Å²) in [5.41, 5.74) is 1.64. The monoisotopic (exact) mass is 371 g/mol. The number of anilines is 1. The van der Waals surface area contributed by atoms with Crippen LogP contribution >= 0.6 is 11.6 Å². The third-order valence-electron chi connectivity index (χ3n) is 4.80. The molecule has 9 heteroatoms. The van der Waals surface area contributed by atoms with Crippen LogP contribution in [-0.4, -0.2) is 59.2 Å². The lowest BCUT2D eigenvalue weighted by molar-refractivity contribution is 0.311. The summed E-state index contributed by atoms with van der Waals surface area (Å²) in [6.07, 6.45) is 3.24. The largest absolute Gasteiger partial charge is 0.342 e. The van der Waals surface area contributed by atoms with E-state index in [2.05, 4.69) is 14.9 Å². The standard InChI is InChI=1S/C15H22ClN5O2S/c1-4-24(22,23)20(3)11-6-9-21(10-7-11)15-18-13-12(19(15)2)5-8-17-14(13)16/h5,8,11H,4,6-7,9-10H2,1-3H3. The van der Waals surface area contributed by atoms with Gasteiger partial charge >= 0.3 is 0 Å². The maximum atomic E-state index is 12.0. The van der Waals surface area contributed by atoms with Gasteiger partial charge in [0.25, 0.3) is 0 Å². The van der Waals surface area contributed by atoms with Crippen LogP contribution in [0.15, 0.2) is 12.3 Å². The maximum Gasteiger partial charge on any atom is 0.213 e. The van der Waals surface area contributed by atoms with Crippen LogP contribution in [0.25, 0.3) is 11.0 Å². The van der Waals surface area contributed by atoms with E-state index in [0.717, 1.165) is 37.4 Å². The SMILES string of the molecule is CCS(=O)(=O)N(C)C1CCN(c2nc3c(Cl)nccc3n2C)CC1. The zero-order valence-corrected chi connectivity index (χ0v) is 15.7. The molecule has 3 heterocycles. The van der Waals surface area contributed by atoms with E-state index < -0.39 is 10.0 Å². The summed E-state index contributed by atoms with van der Waals surface area (Å²) in [6, 6.07) is 1.94. The first-order chi connectivity index (χ1) is 11.3. The van der Waals surface area contributed by atoms with Crippen LogP contribution in [0.3, 0.4) is 0 Å². The van der Waals surface area contributed by atoms with E-state index in [4.69, 9.17) is 11.6 Å². The number of hydrogen-bond donors (Lipinski definition) is 0. The molecule has 24 heavy (non-hydrogen) atoms. The third-order valence-corrected chi connectivity index (χ3v) is 6.98. The number of imidazole rings is 1. The predicted molar refractivity (Wildman–Crippen MR) is 96.0 cm³/mol. The first-order valence-corrected chi connectivity index (χ1v) is 10.0. The molecule has 1 aliphatic rings. The predicted octanol–water partition coefficient (Wildman–Crippen LogP) is 1.87. The maximum absolute atomic E-state index is 12.0. The summed E-state index contributed by atoms with van der Waals surface area (Å²) in [4.78, 5) is 10.9. The van der Waals surface area contributed by atoms with Crippen LogP contribution in [-0.2, 0) is 17.1 Å². The van der Waals surface area contributed by atoms with Crippen LogP contribution in [0.2, 0.25) is 5.15 Å². The minimum absolute atomic E-state index is 0.0474. The van der Waals surface area contributed by atoms with Crippen molar-refractivity contribution in [2.75, 3.05) is 30.8 Å². The number of sulfonamides is 1. The van der Waals surface area contributed by atoms with Crippen molar-refractivity contribution < 1.29 is 8.42 Å². The average molecular weight is 372 g/mol. The topological polar surface area (TPSA) is 71.3 Å². The molecular formula is C15H22ClN5O2S. The molecule has 2 aromatic heterocycles. The molecule has 0 amide bonds. The Hall–Kier alpha value is -1.38. The Bertz CT molecular complexity index is 843. The van der Waals surface area contributed by atoms with E-state index >= 15 is 0 Å². The Balaban J connectivity index is 1.78. The molecule has 0 aromatic carbocycles. The van der Waals surface area contributed by atoms with E-state index in [1.807, 2.05) is 17.7 Å². The van der Waals surface area contributed by atoms with Crippen molar-refractivity contribution in [3.8, 4) is 0 Å². The lowest BCUT2D eigenvalue weighted by Crippen LogP contribution is -2.46. The number of aryl methyl sites for hydroxylation is 1. The highest BCUT2D eigenvalue weighted by molar-refractivity contribution is 7.89. The van der Waals surface area contributed by atoms with Gasteiger partial charge in [-0.1, -0.05) is 11.6 Å². The Kier molecular flexibility index (Phi) is 4.72. The van der Waals surface area contributed by atoms with Crippen LogP contribution in [0.1, 0.15) is 19.8 Å². The fraction of sp³-hybridized carbons (Fsp3) is 0.600. The van der Waals surface area contributed by atoms with Gasteiger partial charge in [0.15, 0.2) is 5.15 Å². The highest BCUT2D eigenvalue weighted by Gasteiger charge is 2.30. The first kappa shape index (κ1) is 17.4. The lowest BCUT2D eigenvalue weighted by atomic mass is 10.1. The van der Waals surface area contributed by atoms with Gasteiger partial charge in [-0.2, -0.15) is 0 Å². The van der Waals surface area contributed by atoms with E-state index in [-0.39, 0.29) is 11.8 Å². The zero-order valence-electron chi connectivity index (χ0n) is 14.1. The van der Waals surface area contributed by atoms with Crippen molar-refractivity contribution >= 4 is 38.6 Å². The molecule has 1 aliphatic heterocycles. The van der Waals surface area contributed by atoms with Crippen LogP contribution in [0.4, 0.5) is 5.95 Å². The van der Waals surface area contributed by atoms with Gasteiger partial charge in [-0.25, -0.2) is 22.7 Å². The Morgan fingerprint density at radius 2 is 2.04 bits per heavy atom. The number of rotatable bonds is 4. The van der Waals surface area contributed by atoms with E-state index in [9.17, 15) is 8.42 Å². The highest BCUT2D eigenvalue weighted by Crippen LogP contribution is 2.28. The molecule has 0 N–H and O–H groups in total. The van der Waals surface area contributed by atoms with Crippen LogP contribution < -0.4 is 4.90 Å². The molecule has 0 bridgehead atoms. The summed E-state index contributed by atoms with van der Waals surface area (Å²) in [7, 11) is 0.493. The van der Waals surface area contributed by atoms with Gasteiger partial charge in [-0.3, -0.25) is 0 Å². The second-order valence-electron chi connectivity index (χ2n) is 6.08. The smallest absolute Gasteiger partial charge is 0.213 e. The fourth-order valence-electron chi connectivity index (χ4n) is 3.22. The van der Waals surface area contributed by atoms with Crippen molar-refractivity contribution in [2.45, 2.75) is 25.8 Å². The van der Waals surface area contributed by atoms with Gasteiger partial charge in [0.05, 0.1) is 11.3 Å². The van der Waals surface area contributed by atoms with Crippen LogP contribution in [0.5, 0.6) is 0 Å². The van der Waals surface area contributed by atoms with Crippen LogP contribution in [0, 0.1) is 0 Å². The number of aromatic nitrogens is 3. The Morgan fingerprint density at radius 3 is 2.62 bits per heavy atom. The molecule has 0 unspecified atom stereocenters. The van der Waals surface area contributed by atoms with Crippen molar-refractivity contribution in [1.29, 1.82) is 0 Å². The molecule has 0 atom stereocenters. The molecule has 0 saturated carbocycles. The van der Waals surface area contributed by atoms with Crippen molar-refractivity contribution in [2.24, 2.45) is 7.05 Å². The molecule has 0 spiro atoms. The normalized spacial score (nSPS) is 17.1. The number of fused-ring (bicyclic) bond motifs is 1. The molecule has 2 aromatic rings. The first-order valence-electron chi connectivity index (χ1n) is 8.02. The van der Waals surface area contributed by atoms with Gasteiger partial charge in [-0.15, -0.1) is 0 Å². The number of halogens is 1. The zero-order chi connectivity index (χ0) is 17.5. The third kappa shape index (κ3) is 2.98. The minimum Gasteiger partial charge on any atom is -0.342 e. The number of piperidine rings is 1. The average Bonchev–Trinajstić information content (AvgIpc) is 2.93. The second-order valence-corrected chi connectivity index (χ2v) is 8.75. The van der Waals surface area contributed by atoms with E-state index in [1.165, 1.54) is 4.31 Å². The molecule has 1 saturated heterocycles. The van der Waals surface area contributed by atoms with Gasteiger partial charge in [0.1, 0.15) is 5.52 Å². The number of hydrogen-bond acceptors (Lipinski definition) is 5. The van der Waals surface area contributed by atoms with Gasteiger partial charge < -0.3 is 9.47 Å². The number of nitrogens with zero attached hydrogens (tertiary/aromatic N) is 5. The van der Waals surface area contributed by atoms with Gasteiger partial charge in [0.2, 0.25) is 16.0 Å². The molecule has 132 valence electrons. The highest BCUT2D eigenvalue weighted by atomic mass is 35.5. The fourth-order valence-corrected chi connectivity index (χ4v) is 4.49. The lowest BCUT2D eigenvalue weighted by Gasteiger charge is -2.36. The van der Waals surface area contributed by atoms with Crippen molar-refractivity contribution in [3.05, 3.63) is 17.4 Å². The molecule has 3 rings (SSSR count). The Labute approximate surface area is 147 Å². The van der Waals surface area contributed by atoms with Crippen molar-refractivity contribution in [3.63, 3.8) is 0 Å². The van der Waals surface area contributed by atoms with E-state index in [1.54, 1.807) is 20.2 Å². The Morgan fingerprint density at radius 1 is 1.38 bits per heavy atom. The summed E-state index contributed by atoms with van der Waals surface area (Å²) in [5.74, 6) is 0.985. The summed E-state index contributed by atoms with van der Waals surface area (Å²) in [5, 5.41) is 0.401. The number of pyridine rings is 1. The van der Waals surface area contributed by atoms with Gasteiger partial charge in [-0.05, 0) is 25.8 Å². The molecule has 7 nitrogen and oxygen atoms in total. The summed E-state index contributed by atoms with van der Waals surface area (Å²) < 4.78 is 27.6. The molecule has 0 aliphatic carbocycles. The van der Waals surface area contributed by atoms with E-state index in [0.29, 0.717) is 10.7 Å².